The van der Waals surface area contributed by atoms with E-state index in [2.05, 4.69) is 45.0 Å². The molecule has 0 N–H and O–H groups in total. The highest BCUT2D eigenvalue weighted by Crippen LogP contribution is 2.37. The Morgan fingerprint density at radius 2 is 1.48 bits per heavy atom. The maximum Gasteiger partial charge on any atom is 0.123 e. The summed E-state index contributed by atoms with van der Waals surface area (Å²) in [7, 11) is 0. The minimum atomic E-state index is -0.199. The van der Waals surface area contributed by atoms with E-state index in [0.717, 1.165) is 22.3 Å². The van der Waals surface area contributed by atoms with Crippen LogP contribution in [0.15, 0.2) is 48.5 Å². The third-order valence-electron chi connectivity index (χ3n) is 4.26. The number of hydrogen-bond donors (Lipinski definition) is 0. The second kappa shape index (κ2) is 6.00. The van der Waals surface area contributed by atoms with E-state index in [1.807, 2.05) is 25.1 Å². The fourth-order valence-corrected chi connectivity index (χ4v) is 3.37. The number of benzene rings is 3. The molecule has 0 aliphatic carbocycles. The zero-order valence-corrected chi connectivity index (χ0v) is 14.0. The van der Waals surface area contributed by atoms with Crippen molar-refractivity contribution in [3.05, 3.63) is 82.7 Å². The van der Waals surface area contributed by atoms with Gasteiger partial charge in [-0.05, 0) is 84.8 Å². The van der Waals surface area contributed by atoms with Gasteiger partial charge in [-0.15, -0.1) is 0 Å². The van der Waals surface area contributed by atoms with Crippen LogP contribution in [0.5, 0.6) is 0 Å². The van der Waals surface area contributed by atoms with E-state index >= 15 is 0 Å². The van der Waals surface area contributed by atoms with E-state index in [9.17, 15) is 4.39 Å². The van der Waals surface area contributed by atoms with E-state index in [-0.39, 0.29) is 5.82 Å². The van der Waals surface area contributed by atoms with Gasteiger partial charge in [0.25, 0.3) is 0 Å². The Kier molecular flexibility index (Phi) is 4.04. The maximum atomic E-state index is 13.5. The van der Waals surface area contributed by atoms with Crippen molar-refractivity contribution in [3.63, 3.8) is 0 Å². The highest BCUT2D eigenvalue weighted by atomic mass is 19.1. The summed E-state index contributed by atoms with van der Waals surface area (Å²) in [5.74, 6) is -0.199. The first kappa shape index (κ1) is 15.5. The van der Waals surface area contributed by atoms with Crippen molar-refractivity contribution in [2.75, 3.05) is 0 Å². The van der Waals surface area contributed by atoms with Gasteiger partial charge in [0.05, 0.1) is 0 Å². The lowest BCUT2D eigenvalue weighted by Gasteiger charge is -2.17. The minimum absolute atomic E-state index is 0.199. The van der Waals surface area contributed by atoms with E-state index in [1.165, 1.54) is 28.3 Å². The molecule has 0 saturated heterocycles. The fourth-order valence-electron chi connectivity index (χ4n) is 3.37. The zero-order valence-electron chi connectivity index (χ0n) is 14.0. The van der Waals surface area contributed by atoms with Crippen molar-refractivity contribution in [3.8, 4) is 22.3 Å². The lowest BCUT2D eigenvalue weighted by atomic mass is 9.87. The van der Waals surface area contributed by atoms with Gasteiger partial charge in [-0.3, -0.25) is 0 Å². The van der Waals surface area contributed by atoms with Crippen LogP contribution in [0.25, 0.3) is 22.3 Å². The Bertz CT molecular complexity index is 852. The van der Waals surface area contributed by atoms with Gasteiger partial charge in [-0.2, -0.15) is 0 Å². The molecule has 0 aliphatic heterocycles. The van der Waals surface area contributed by atoms with Crippen LogP contribution in [0.2, 0.25) is 0 Å². The molecule has 0 aliphatic rings. The van der Waals surface area contributed by atoms with E-state index in [1.54, 1.807) is 6.07 Å². The van der Waals surface area contributed by atoms with Gasteiger partial charge in [0, 0.05) is 0 Å². The summed E-state index contributed by atoms with van der Waals surface area (Å²) in [6.45, 7) is 8.34. The van der Waals surface area contributed by atoms with Gasteiger partial charge in [-0.25, -0.2) is 4.39 Å². The summed E-state index contributed by atoms with van der Waals surface area (Å²) in [4.78, 5) is 0. The Morgan fingerprint density at radius 3 is 2.13 bits per heavy atom. The van der Waals surface area contributed by atoms with E-state index in [4.69, 9.17) is 0 Å². The first-order valence-corrected chi connectivity index (χ1v) is 7.83. The van der Waals surface area contributed by atoms with Crippen LogP contribution in [0.3, 0.4) is 0 Å². The third-order valence-corrected chi connectivity index (χ3v) is 4.26. The molecular weight excluding hydrogens is 283 g/mol. The highest BCUT2D eigenvalue weighted by molar-refractivity contribution is 5.87. The highest BCUT2D eigenvalue weighted by Gasteiger charge is 2.14. The predicted molar refractivity (Wildman–Crippen MR) is 95.1 cm³/mol. The Balaban J connectivity index is 2.28. The predicted octanol–water partition coefficient (Wildman–Crippen LogP) is 6.19. The molecule has 3 aromatic carbocycles. The van der Waals surface area contributed by atoms with Crippen molar-refractivity contribution in [1.29, 1.82) is 0 Å². The van der Waals surface area contributed by atoms with Crippen LogP contribution in [-0.4, -0.2) is 0 Å². The molecule has 0 spiro atoms. The van der Waals surface area contributed by atoms with Crippen molar-refractivity contribution in [2.24, 2.45) is 0 Å². The van der Waals surface area contributed by atoms with E-state index < -0.39 is 0 Å². The van der Waals surface area contributed by atoms with Crippen molar-refractivity contribution in [2.45, 2.75) is 27.7 Å². The third kappa shape index (κ3) is 2.92. The molecule has 0 nitrogen and oxygen atoms in total. The van der Waals surface area contributed by atoms with Crippen LogP contribution in [0, 0.1) is 39.6 Å². The molecule has 0 fully saturated rings. The Hall–Kier alpha value is -2.41. The van der Waals surface area contributed by atoms with Crippen LogP contribution < -0.4 is 0 Å². The molecule has 1 radical (unpaired) electrons. The largest absolute Gasteiger partial charge is 0.207 e. The molecule has 115 valence electrons. The molecular formula is C22H20F. The second-order valence-corrected chi connectivity index (χ2v) is 6.19. The second-order valence-electron chi connectivity index (χ2n) is 6.19. The molecule has 0 aromatic heterocycles. The Morgan fingerprint density at radius 1 is 0.783 bits per heavy atom. The first-order valence-electron chi connectivity index (χ1n) is 7.83. The summed E-state index contributed by atoms with van der Waals surface area (Å²) < 4.78 is 13.5. The average Bonchev–Trinajstić information content (AvgIpc) is 2.47. The van der Waals surface area contributed by atoms with Crippen LogP contribution in [0.1, 0.15) is 22.3 Å². The van der Waals surface area contributed by atoms with Crippen molar-refractivity contribution < 1.29 is 4.39 Å². The van der Waals surface area contributed by atoms with Crippen molar-refractivity contribution in [1.82, 2.24) is 0 Å². The smallest absolute Gasteiger partial charge is 0.123 e. The number of rotatable bonds is 2. The van der Waals surface area contributed by atoms with Gasteiger partial charge >= 0.3 is 0 Å². The van der Waals surface area contributed by atoms with Gasteiger partial charge in [-0.1, -0.05) is 42.0 Å². The quantitative estimate of drug-likeness (QED) is 0.529. The number of halogens is 1. The lowest BCUT2D eigenvalue weighted by Crippen LogP contribution is -1.94. The topological polar surface area (TPSA) is 0 Å². The summed E-state index contributed by atoms with van der Waals surface area (Å²) >= 11 is 0. The van der Waals surface area contributed by atoms with Crippen LogP contribution >= 0.6 is 0 Å². The Labute approximate surface area is 137 Å². The SMILES string of the molecule is Cc1cc(C)c(-c2[c]cccc2-c2ccc(F)cc2C)c(C)c1. The molecule has 0 heterocycles. The molecule has 1 heteroatoms. The fraction of sp³-hybridized carbons (Fsp3) is 0.182. The summed E-state index contributed by atoms with van der Waals surface area (Å²) in [6, 6.07) is 18.8. The molecule has 23 heavy (non-hydrogen) atoms. The molecule has 0 bridgehead atoms. The standard InChI is InChI=1S/C22H20F/c1-14-11-16(3)22(17(4)12-14)21-8-6-5-7-20(21)19-10-9-18(23)13-15(19)2/h5-7,9-13H,1-4H3. The minimum Gasteiger partial charge on any atom is -0.207 e. The number of hydrogen-bond acceptors (Lipinski definition) is 0. The zero-order chi connectivity index (χ0) is 16.6. The van der Waals surface area contributed by atoms with Gasteiger partial charge in [0.2, 0.25) is 0 Å². The summed E-state index contributed by atoms with van der Waals surface area (Å²) in [6.07, 6.45) is 0. The molecule has 0 saturated carbocycles. The molecule has 3 aromatic rings. The van der Waals surface area contributed by atoms with Crippen LogP contribution in [0.4, 0.5) is 4.39 Å². The van der Waals surface area contributed by atoms with Crippen LogP contribution in [-0.2, 0) is 0 Å². The van der Waals surface area contributed by atoms with Gasteiger partial charge < -0.3 is 0 Å². The molecule has 0 atom stereocenters. The molecule has 3 rings (SSSR count). The summed E-state index contributed by atoms with van der Waals surface area (Å²) in [5.41, 5.74) is 9.13. The molecule has 0 amide bonds. The van der Waals surface area contributed by atoms with E-state index in [0.29, 0.717) is 0 Å². The average molecular weight is 303 g/mol. The van der Waals surface area contributed by atoms with Gasteiger partial charge in [0.1, 0.15) is 5.82 Å². The summed E-state index contributed by atoms with van der Waals surface area (Å²) in [5, 5.41) is 0. The normalized spacial score (nSPS) is 10.8. The maximum absolute atomic E-state index is 13.5. The first-order chi connectivity index (χ1) is 11.0. The van der Waals surface area contributed by atoms with Crippen molar-refractivity contribution >= 4 is 0 Å². The molecule has 0 unspecified atom stereocenters. The van der Waals surface area contributed by atoms with Gasteiger partial charge in [0.15, 0.2) is 0 Å². The lowest BCUT2D eigenvalue weighted by molar-refractivity contribution is 0.627. The number of aryl methyl sites for hydroxylation is 4. The monoisotopic (exact) mass is 303 g/mol.